The zero-order chi connectivity index (χ0) is 21.1. The molecule has 2 aromatic heterocycles. The smallest absolute Gasteiger partial charge is 0.232 e. The number of amides is 1. The number of fused-ring (bicyclic) bond motifs is 1. The van der Waals surface area contributed by atoms with E-state index in [-0.39, 0.29) is 29.7 Å². The number of rotatable bonds is 7. The number of anilines is 1. The number of aromatic nitrogens is 2. The maximum atomic E-state index is 12.9. The van der Waals surface area contributed by atoms with Gasteiger partial charge in [0.25, 0.3) is 0 Å². The van der Waals surface area contributed by atoms with Gasteiger partial charge in [-0.3, -0.25) is 9.59 Å². The van der Waals surface area contributed by atoms with Crippen molar-refractivity contribution in [2.75, 3.05) is 11.1 Å². The summed E-state index contributed by atoms with van der Waals surface area (Å²) in [5.41, 5.74) is 1.86. The van der Waals surface area contributed by atoms with E-state index >= 15 is 0 Å². The van der Waals surface area contributed by atoms with Gasteiger partial charge in [0, 0.05) is 16.0 Å². The molecule has 0 aliphatic rings. The van der Waals surface area contributed by atoms with Crippen LogP contribution < -0.4 is 5.32 Å². The Morgan fingerprint density at radius 1 is 1.13 bits per heavy atom. The van der Waals surface area contributed by atoms with Crippen molar-refractivity contribution in [2.45, 2.75) is 10.8 Å². The van der Waals surface area contributed by atoms with Crippen molar-refractivity contribution >= 4 is 73.1 Å². The van der Waals surface area contributed by atoms with Crippen molar-refractivity contribution < 1.29 is 14.0 Å². The lowest BCUT2D eigenvalue weighted by atomic mass is 10.1. The Hall–Kier alpha value is -2.33. The topological polar surface area (TPSA) is 72.0 Å². The fraction of sp³-hybridized carbons (Fsp3) is 0.100. The highest BCUT2D eigenvalue weighted by atomic mass is 35.5. The molecule has 0 aliphatic carbocycles. The van der Waals surface area contributed by atoms with Gasteiger partial charge in [0.15, 0.2) is 15.3 Å². The molecule has 4 aromatic rings. The molecule has 0 saturated carbocycles. The lowest BCUT2D eigenvalue weighted by Crippen LogP contribution is -2.14. The maximum absolute atomic E-state index is 12.9. The summed E-state index contributed by atoms with van der Waals surface area (Å²) in [5, 5.41) is 5.70. The van der Waals surface area contributed by atoms with E-state index in [1.165, 1.54) is 58.7 Å². The van der Waals surface area contributed by atoms with Gasteiger partial charge >= 0.3 is 0 Å². The summed E-state index contributed by atoms with van der Waals surface area (Å²) in [6, 6.07) is 10.8. The molecule has 4 rings (SSSR count). The number of thiazole rings is 2. The van der Waals surface area contributed by atoms with Crippen molar-refractivity contribution in [3.8, 4) is 0 Å². The molecule has 0 saturated heterocycles. The number of nitrogens with one attached hydrogen (secondary N) is 1. The van der Waals surface area contributed by atoms with Crippen LogP contribution in [-0.2, 0) is 11.2 Å². The van der Waals surface area contributed by atoms with Crippen LogP contribution in [0.3, 0.4) is 0 Å². The molecule has 2 aromatic carbocycles. The van der Waals surface area contributed by atoms with E-state index < -0.39 is 0 Å². The number of benzene rings is 2. The molecule has 0 radical (unpaired) electrons. The van der Waals surface area contributed by atoms with E-state index in [0.29, 0.717) is 25.8 Å². The summed E-state index contributed by atoms with van der Waals surface area (Å²) < 4.78 is 14.5. The number of Topliss-reactive ketones (excluding diaryl/α,β-unsaturated/α-hetero) is 1. The number of carbonyl (C=O) groups is 2. The number of hydrogen-bond acceptors (Lipinski definition) is 7. The number of halogens is 2. The van der Waals surface area contributed by atoms with Gasteiger partial charge in [-0.1, -0.05) is 34.7 Å². The quantitative estimate of drug-likeness (QED) is 0.273. The van der Waals surface area contributed by atoms with Crippen molar-refractivity contribution in [3.05, 3.63) is 69.9 Å². The van der Waals surface area contributed by atoms with Crippen LogP contribution in [0.2, 0.25) is 5.02 Å². The zero-order valence-electron chi connectivity index (χ0n) is 15.2. The van der Waals surface area contributed by atoms with Gasteiger partial charge in [-0.25, -0.2) is 14.4 Å². The first-order valence-electron chi connectivity index (χ1n) is 8.68. The van der Waals surface area contributed by atoms with E-state index in [9.17, 15) is 14.0 Å². The Bertz CT molecular complexity index is 1220. The summed E-state index contributed by atoms with van der Waals surface area (Å²) >= 11 is 10.00. The summed E-state index contributed by atoms with van der Waals surface area (Å²) in [4.78, 5) is 33.3. The van der Waals surface area contributed by atoms with Gasteiger partial charge in [0.1, 0.15) is 5.82 Å². The van der Waals surface area contributed by atoms with Crippen molar-refractivity contribution in [1.29, 1.82) is 0 Å². The third-order valence-electron chi connectivity index (χ3n) is 3.96. The van der Waals surface area contributed by atoms with Crippen molar-refractivity contribution in [3.63, 3.8) is 0 Å². The van der Waals surface area contributed by atoms with Crippen molar-refractivity contribution in [2.24, 2.45) is 0 Å². The van der Waals surface area contributed by atoms with Gasteiger partial charge in [-0.2, -0.15) is 0 Å². The van der Waals surface area contributed by atoms with Crippen LogP contribution in [0.25, 0.3) is 10.2 Å². The average molecular weight is 478 g/mol. The van der Waals surface area contributed by atoms with E-state index in [4.69, 9.17) is 11.6 Å². The molecule has 1 N–H and O–H groups in total. The molecule has 0 bridgehead atoms. The van der Waals surface area contributed by atoms with Crippen LogP contribution in [0.4, 0.5) is 9.52 Å². The molecule has 0 atom stereocenters. The molecule has 0 unspecified atom stereocenters. The number of ketones is 1. The van der Waals surface area contributed by atoms with Crippen LogP contribution in [0.1, 0.15) is 16.1 Å². The lowest BCUT2D eigenvalue weighted by molar-refractivity contribution is -0.115. The highest BCUT2D eigenvalue weighted by Crippen LogP contribution is 2.28. The molecule has 0 fully saturated rings. The third-order valence-corrected chi connectivity index (χ3v) is 7.20. The average Bonchev–Trinajstić information content (AvgIpc) is 3.32. The Balaban J connectivity index is 1.31. The minimum Gasteiger partial charge on any atom is -0.302 e. The minimum atomic E-state index is -0.378. The second-order valence-corrected chi connectivity index (χ2v) is 9.73. The van der Waals surface area contributed by atoms with Crippen molar-refractivity contribution in [1.82, 2.24) is 9.97 Å². The van der Waals surface area contributed by atoms with E-state index in [1.54, 1.807) is 23.6 Å². The van der Waals surface area contributed by atoms with Gasteiger partial charge in [-0.15, -0.1) is 11.3 Å². The first kappa shape index (κ1) is 20.9. The molecular weight excluding hydrogens is 465 g/mol. The Kier molecular flexibility index (Phi) is 6.43. The molecule has 2 heterocycles. The molecule has 1 amide bonds. The molecule has 10 heteroatoms. The molecule has 30 heavy (non-hydrogen) atoms. The molecule has 0 spiro atoms. The van der Waals surface area contributed by atoms with Gasteiger partial charge < -0.3 is 5.32 Å². The van der Waals surface area contributed by atoms with Crippen LogP contribution >= 0.6 is 46.0 Å². The number of thioether (sulfide) groups is 1. The Labute approximate surface area is 188 Å². The Morgan fingerprint density at radius 3 is 2.73 bits per heavy atom. The lowest BCUT2D eigenvalue weighted by Gasteiger charge is -2.00. The highest BCUT2D eigenvalue weighted by molar-refractivity contribution is 8.01. The van der Waals surface area contributed by atoms with E-state index in [1.807, 2.05) is 0 Å². The highest BCUT2D eigenvalue weighted by Gasteiger charge is 2.13. The molecule has 5 nitrogen and oxygen atoms in total. The second kappa shape index (κ2) is 9.22. The summed E-state index contributed by atoms with van der Waals surface area (Å²) in [6.07, 6.45) is 0.111. The monoisotopic (exact) mass is 477 g/mol. The van der Waals surface area contributed by atoms with Gasteiger partial charge in [0.05, 0.1) is 28.1 Å². The normalized spacial score (nSPS) is 11.0. The predicted molar refractivity (Wildman–Crippen MR) is 121 cm³/mol. The summed E-state index contributed by atoms with van der Waals surface area (Å²) in [6.45, 7) is 0. The van der Waals surface area contributed by atoms with Crippen LogP contribution in [0, 0.1) is 5.82 Å². The van der Waals surface area contributed by atoms with Crippen LogP contribution in [0.15, 0.2) is 52.2 Å². The first-order valence-corrected chi connectivity index (χ1v) is 11.7. The number of carbonyl (C=O) groups excluding carboxylic acids is 2. The van der Waals surface area contributed by atoms with E-state index in [2.05, 4.69) is 15.3 Å². The first-order chi connectivity index (χ1) is 14.5. The molecule has 0 aliphatic heterocycles. The minimum absolute atomic E-state index is 0.106. The van der Waals surface area contributed by atoms with Gasteiger partial charge in [-0.05, 0) is 42.5 Å². The predicted octanol–water partition coefficient (Wildman–Crippen LogP) is 5.70. The summed E-state index contributed by atoms with van der Waals surface area (Å²) in [5.74, 6) is -0.509. The summed E-state index contributed by atoms with van der Waals surface area (Å²) in [7, 11) is 0. The number of nitrogens with zero attached hydrogens (tertiary/aromatic N) is 2. The van der Waals surface area contributed by atoms with E-state index in [0.717, 1.165) is 10.2 Å². The second-order valence-electron chi connectivity index (χ2n) is 6.18. The maximum Gasteiger partial charge on any atom is 0.232 e. The third kappa shape index (κ3) is 5.23. The van der Waals surface area contributed by atoms with Gasteiger partial charge in [0.2, 0.25) is 5.91 Å². The largest absolute Gasteiger partial charge is 0.302 e. The zero-order valence-corrected chi connectivity index (χ0v) is 18.4. The van der Waals surface area contributed by atoms with Crippen LogP contribution in [-0.4, -0.2) is 27.4 Å². The standard InChI is InChI=1S/C20H13ClFN3O2S3/c21-12-3-6-15-17(7-12)30-19(24-15)25-18(27)8-14-9-28-20(23-14)29-10-16(26)11-1-4-13(22)5-2-11/h1-7,9H,8,10H2,(H,24,25,27). The SMILES string of the molecule is O=C(Cc1csc(SCC(=O)c2ccc(F)cc2)n1)Nc1nc2ccc(Cl)cc2s1. The molecule has 152 valence electrons. The number of hydrogen-bond donors (Lipinski definition) is 1. The van der Waals surface area contributed by atoms with Crippen LogP contribution in [0.5, 0.6) is 0 Å². The fourth-order valence-corrected chi connectivity index (χ4v) is 5.46. The molecular formula is C20H13ClFN3O2S3. The Morgan fingerprint density at radius 2 is 1.93 bits per heavy atom. The fourth-order valence-electron chi connectivity index (χ4n) is 2.56.